The monoisotopic (exact) mass is 333 g/mol. The molecule has 0 radical (unpaired) electrons. The largest absolute Gasteiger partial charge is 0.378 e. The number of nitrogens with zero attached hydrogens (tertiary/aromatic N) is 3. The summed E-state index contributed by atoms with van der Waals surface area (Å²) in [6, 6.07) is 14.1. The second-order valence-electron chi connectivity index (χ2n) is 6.61. The number of amides is 1. The van der Waals surface area contributed by atoms with E-state index in [-0.39, 0.29) is 5.91 Å². The summed E-state index contributed by atoms with van der Waals surface area (Å²) in [5.41, 5.74) is 6.64. The van der Waals surface area contributed by atoms with Gasteiger partial charge in [0.1, 0.15) is 0 Å². The Kier molecular flexibility index (Phi) is 4.45. The van der Waals surface area contributed by atoms with E-state index in [0.29, 0.717) is 5.57 Å². The molecule has 0 aliphatic carbocycles. The van der Waals surface area contributed by atoms with Crippen LogP contribution < -0.4 is 9.91 Å². The first-order valence-electron chi connectivity index (χ1n) is 8.33. The van der Waals surface area contributed by atoms with E-state index in [1.165, 1.54) is 10.6 Å². The topological polar surface area (TPSA) is 35.9 Å². The van der Waals surface area contributed by atoms with Crippen molar-refractivity contribution in [2.75, 3.05) is 24.0 Å². The number of aryl methyl sites for hydroxylation is 2. The van der Waals surface area contributed by atoms with Crippen LogP contribution in [0.1, 0.15) is 23.6 Å². The molecule has 3 rings (SSSR count). The van der Waals surface area contributed by atoms with Gasteiger partial charge in [0.05, 0.1) is 17.0 Å². The predicted octanol–water partition coefficient (Wildman–Crippen LogP) is 4.18. The van der Waals surface area contributed by atoms with Gasteiger partial charge in [-0.2, -0.15) is 10.1 Å². The van der Waals surface area contributed by atoms with E-state index in [9.17, 15) is 4.79 Å². The third kappa shape index (κ3) is 3.33. The lowest BCUT2D eigenvalue weighted by Crippen LogP contribution is -2.21. The maximum atomic E-state index is 12.8. The number of hydrogen-bond acceptors (Lipinski definition) is 3. The van der Waals surface area contributed by atoms with Crippen LogP contribution in [0.2, 0.25) is 0 Å². The van der Waals surface area contributed by atoms with Gasteiger partial charge in [0.25, 0.3) is 5.91 Å². The van der Waals surface area contributed by atoms with Crippen molar-refractivity contribution < 1.29 is 4.79 Å². The smallest absolute Gasteiger partial charge is 0.280 e. The van der Waals surface area contributed by atoms with Crippen molar-refractivity contribution in [3.63, 3.8) is 0 Å². The summed E-state index contributed by atoms with van der Waals surface area (Å²) in [7, 11) is 4.01. The Bertz CT molecular complexity index is 877. The van der Waals surface area contributed by atoms with Gasteiger partial charge >= 0.3 is 0 Å². The second-order valence-corrected chi connectivity index (χ2v) is 6.61. The molecule has 1 amide bonds. The molecule has 0 atom stereocenters. The van der Waals surface area contributed by atoms with E-state index in [0.717, 1.165) is 28.2 Å². The van der Waals surface area contributed by atoms with E-state index in [1.807, 2.05) is 81.4 Å². The maximum Gasteiger partial charge on any atom is 0.280 e. The summed E-state index contributed by atoms with van der Waals surface area (Å²) >= 11 is 0. The molecule has 2 aromatic rings. The minimum atomic E-state index is -0.0857. The highest BCUT2D eigenvalue weighted by atomic mass is 16.2. The summed E-state index contributed by atoms with van der Waals surface area (Å²) in [5.74, 6) is -0.0857. The summed E-state index contributed by atoms with van der Waals surface area (Å²) in [6.45, 7) is 5.97. The first-order chi connectivity index (χ1) is 11.9. The number of carbonyl (C=O) groups is 1. The Morgan fingerprint density at radius 1 is 0.960 bits per heavy atom. The van der Waals surface area contributed by atoms with Crippen LogP contribution in [0.5, 0.6) is 0 Å². The minimum Gasteiger partial charge on any atom is -0.378 e. The Labute approximate surface area is 149 Å². The molecule has 25 heavy (non-hydrogen) atoms. The molecule has 0 fully saturated rings. The summed E-state index contributed by atoms with van der Waals surface area (Å²) in [4.78, 5) is 14.9. The molecule has 4 heteroatoms. The molecule has 0 spiro atoms. The van der Waals surface area contributed by atoms with Gasteiger partial charge in [0, 0.05) is 19.8 Å². The van der Waals surface area contributed by atoms with E-state index in [4.69, 9.17) is 0 Å². The lowest BCUT2D eigenvalue weighted by Gasteiger charge is -2.13. The molecular formula is C21H23N3O. The highest BCUT2D eigenvalue weighted by Crippen LogP contribution is 2.27. The lowest BCUT2D eigenvalue weighted by molar-refractivity contribution is -0.114. The van der Waals surface area contributed by atoms with Crippen molar-refractivity contribution in [1.82, 2.24) is 0 Å². The SMILES string of the molecule is CC1=NN(c2ccc(C)c(C)c2)C(=O)/C1=C/c1ccc(N(C)C)cc1. The minimum absolute atomic E-state index is 0.0857. The zero-order valence-corrected chi connectivity index (χ0v) is 15.4. The molecule has 2 aromatic carbocycles. The molecule has 0 saturated heterocycles. The third-order valence-electron chi connectivity index (χ3n) is 4.52. The fraction of sp³-hybridized carbons (Fsp3) is 0.238. The third-order valence-corrected chi connectivity index (χ3v) is 4.52. The molecular weight excluding hydrogens is 310 g/mol. The highest BCUT2D eigenvalue weighted by molar-refractivity contribution is 6.32. The molecule has 128 valence electrons. The van der Waals surface area contributed by atoms with Crippen molar-refractivity contribution in [3.05, 3.63) is 64.7 Å². The molecule has 0 N–H and O–H groups in total. The van der Waals surface area contributed by atoms with Crippen LogP contribution in [-0.2, 0) is 4.79 Å². The predicted molar refractivity (Wildman–Crippen MR) is 105 cm³/mol. The van der Waals surface area contributed by atoms with Crippen LogP contribution in [0, 0.1) is 13.8 Å². The summed E-state index contributed by atoms with van der Waals surface area (Å²) in [6.07, 6.45) is 1.90. The Balaban J connectivity index is 1.90. The summed E-state index contributed by atoms with van der Waals surface area (Å²) < 4.78 is 0. The highest BCUT2D eigenvalue weighted by Gasteiger charge is 2.28. The van der Waals surface area contributed by atoms with Crippen molar-refractivity contribution in [2.24, 2.45) is 5.10 Å². The lowest BCUT2D eigenvalue weighted by atomic mass is 10.1. The van der Waals surface area contributed by atoms with Gasteiger partial charge < -0.3 is 4.90 Å². The van der Waals surface area contributed by atoms with Gasteiger partial charge in [-0.3, -0.25) is 4.79 Å². The van der Waals surface area contributed by atoms with Gasteiger partial charge in [-0.25, -0.2) is 0 Å². The number of anilines is 2. The van der Waals surface area contributed by atoms with Crippen LogP contribution in [0.4, 0.5) is 11.4 Å². The zero-order valence-electron chi connectivity index (χ0n) is 15.4. The number of rotatable bonds is 3. The van der Waals surface area contributed by atoms with Gasteiger partial charge in [-0.1, -0.05) is 18.2 Å². The fourth-order valence-electron chi connectivity index (χ4n) is 2.75. The van der Waals surface area contributed by atoms with E-state index >= 15 is 0 Å². The maximum absolute atomic E-state index is 12.8. The molecule has 4 nitrogen and oxygen atoms in total. The summed E-state index contributed by atoms with van der Waals surface area (Å²) in [5, 5.41) is 5.95. The van der Waals surface area contributed by atoms with Gasteiger partial charge in [-0.15, -0.1) is 0 Å². The molecule has 0 saturated carbocycles. The van der Waals surface area contributed by atoms with E-state index in [1.54, 1.807) is 0 Å². The fourth-order valence-corrected chi connectivity index (χ4v) is 2.75. The normalized spacial score (nSPS) is 15.7. The molecule has 0 unspecified atom stereocenters. The molecule has 1 heterocycles. The average molecular weight is 333 g/mol. The number of carbonyl (C=O) groups excluding carboxylic acids is 1. The Hall–Kier alpha value is -2.88. The quantitative estimate of drug-likeness (QED) is 0.790. The van der Waals surface area contributed by atoms with E-state index in [2.05, 4.69) is 12.0 Å². The molecule has 1 aliphatic heterocycles. The first kappa shape index (κ1) is 17.0. The van der Waals surface area contributed by atoms with Crippen molar-refractivity contribution in [3.8, 4) is 0 Å². The van der Waals surface area contributed by atoms with Crippen LogP contribution in [0.15, 0.2) is 53.1 Å². The van der Waals surface area contributed by atoms with Crippen molar-refractivity contribution in [2.45, 2.75) is 20.8 Å². The van der Waals surface area contributed by atoms with Crippen LogP contribution >= 0.6 is 0 Å². The van der Waals surface area contributed by atoms with Crippen molar-refractivity contribution in [1.29, 1.82) is 0 Å². The second kappa shape index (κ2) is 6.55. The molecule has 0 aromatic heterocycles. The number of hydrogen-bond donors (Lipinski definition) is 0. The number of hydrazone groups is 1. The van der Waals surface area contributed by atoms with Crippen LogP contribution in [0.3, 0.4) is 0 Å². The van der Waals surface area contributed by atoms with E-state index < -0.39 is 0 Å². The average Bonchev–Trinajstić information content (AvgIpc) is 2.86. The van der Waals surface area contributed by atoms with Gasteiger partial charge in [0.15, 0.2) is 0 Å². The number of benzene rings is 2. The van der Waals surface area contributed by atoms with Gasteiger partial charge in [-0.05, 0) is 67.8 Å². The van der Waals surface area contributed by atoms with Crippen LogP contribution in [0.25, 0.3) is 6.08 Å². The Morgan fingerprint density at radius 2 is 1.64 bits per heavy atom. The molecule has 1 aliphatic rings. The standard InChI is InChI=1S/C21H23N3O/c1-14-6-9-19(12-15(14)2)24-21(25)20(16(3)22-24)13-17-7-10-18(11-8-17)23(4)5/h6-13H,1-5H3/b20-13+. The first-order valence-corrected chi connectivity index (χ1v) is 8.33. The molecule has 0 bridgehead atoms. The van der Waals surface area contributed by atoms with Crippen LogP contribution in [-0.4, -0.2) is 25.7 Å². The van der Waals surface area contributed by atoms with Crippen molar-refractivity contribution >= 4 is 29.1 Å². The zero-order chi connectivity index (χ0) is 18.1. The van der Waals surface area contributed by atoms with Gasteiger partial charge in [0.2, 0.25) is 0 Å². The Morgan fingerprint density at radius 3 is 2.24 bits per heavy atom.